The first-order valence-corrected chi connectivity index (χ1v) is 13.6. The Balaban J connectivity index is 1.30. The van der Waals surface area contributed by atoms with Crippen molar-refractivity contribution >= 4 is 40.9 Å². The van der Waals surface area contributed by atoms with Crippen LogP contribution in [-0.2, 0) is 9.53 Å². The number of benzene rings is 2. The summed E-state index contributed by atoms with van der Waals surface area (Å²) in [6.07, 6.45) is 3.91. The van der Waals surface area contributed by atoms with Gasteiger partial charge in [-0.1, -0.05) is 11.6 Å². The molecule has 4 atom stereocenters. The Hall–Kier alpha value is -2.23. The van der Waals surface area contributed by atoms with Crippen molar-refractivity contribution in [2.75, 3.05) is 11.9 Å². The van der Waals surface area contributed by atoms with E-state index in [1.165, 1.54) is 6.07 Å². The fourth-order valence-electron chi connectivity index (χ4n) is 6.34. The maximum absolute atomic E-state index is 13.5. The van der Waals surface area contributed by atoms with E-state index in [-0.39, 0.29) is 28.0 Å². The molecule has 0 aromatic heterocycles. The molecule has 5 rings (SSSR count). The Bertz CT molecular complexity index is 1240. The molecule has 2 saturated carbocycles. The topological polar surface area (TPSA) is 58.6 Å². The van der Waals surface area contributed by atoms with Crippen molar-refractivity contribution in [1.29, 1.82) is 0 Å². The summed E-state index contributed by atoms with van der Waals surface area (Å²) in [7, 11) is 0. The van der Waals surface area contributed by atoms with E-state index in [9.17, 15) is 22.8 Å². The van der Waals surface area contributed by atoms with Crippen LogP contribution >= 0.6 is 23.4 Å². The number of ether oxygens (including phenoxy) is 1. The van der Waals surface area contributed by atoms with Gasteiger partial charge in [-0.3, -0.25) is 9.59 Å². The maximum atomic E-state index is 13.5. The second-order valence-corrected chi connectivity index (χ2v) is 12.4. The van der Waals surface area contributed by atoms with Gasteiger partial charge in [-0.05, 0) is 69.6 Å². The van der Waals surface area contributed by atoms with E-state index in [0.29, 0.717) is 23.4 Å². The van der Waals surface area contributed by atoms with Gasteiger partial charge in [0.15, 0.2) is 17.5 Å². The summed E-state index contributed by atoms with van der Waals surface area (Å²) >= 11 is 8.09. The zero-order valence-corrected chi connectivity index (χ0v) is 22.3. The maximum Gasteiger partial charge on any atom is 0.255 e. The van der Waals surface area contributed by atoms with Crippen LogP contribution in [0.2, 0.25) is 5.02 Å². The lowest BCUT2D eigenvalue weighted by Crippen LogP contribution is -2.49. The van der Waals surface area contributed by atoms with Gasteiger partial charge in [0, 0.05) is 40.5 Å². The van der Waals surface area contributed by atoms with Crippen LogP contribution in [0.4, 0.5) is 18.9 Å². The number of halogens is 4. The third kappa shape index (κ3) is 4.74. The highest BCUT2D eigenvalue weighted by atomic mass is 35.5. The lowest BCUT2D eigenvalue weighted by atomic mass is 9.74. The van der Waals surface area contributed by atoms with E-state index < -0.39 is 29.1 Å². The zero-order valence-electron chi connectivity index (χ0n) is 20.7. The van der Waals surface area contributed by atoms with Crippen molar-refractivity contribution < 1.29 is 27.5 Å². The summed E-state index contributed by atoms with van der Waals surface area (Å²) < 4.78 is 46.9. The second kappa shape index (κ2) is 9.50. The molecule has 2 amide bonds. The molecular weight excluding hydrogens is 525 g/mol. The minimum atomic E-state index is -1.59. The van der Waals surface area contributed by atoms with Gasteiger partial charge in [0.25, 0.3) is 5.91 Å². The number of rotatable bonds is 4. The van der Waals surface area contributed by atoms with Crippen LogP contribution in [0.5, 0.6) is 0 Å². The minimum absolute atomic E-state index is 0.0192. The third-order valence-corrected chi connectivity index (χ3v) is 9.70. The molecule has 1 heterocycles. The van der Waals surface area contributed by atoms with Gasteiger partial charge in [0.1, 0.15) is 5.72 Å². The molecule has 5 nitrogen and oxygen atoms in total. The van der Waals surface area contributed by atoms with E-state index in [1.54, 1.807) is 30.8 Å². The van der Waals surface area contributed by atoms with Crippen molar-refractivity contribution in [3.8, 4) is 0 Å². The van der Waals surface area contributed by atoms with Crippen molar-refractivity contribution in [3.63, 3.8) is 0 Å². The van der Waals surface area contributed by atoms with Gasteiger partial charge in [0.2, 0.25) is 5.91 Å². The monoisotopic (exact) mass is 552 g/mol. The lowest BCUT2D eigenvalue weighted by Gasteiger charge is -2.43. The number of anilines is 1. The largest absolute Gasteiger partial charge is 0.347 e. The molecule has 2 aliphatic carbocycles. The van der Waals surface area contributed by atoms with Gasteiger partial charge in [-0.2, -0.15) is 0 Å². The van der Waals surface area contributed by atoms with Gasteiger partial charge < -0.3 is 15.0 Å². The average Bonchev–Trinajstić information content (AvgIpc) is 3.17. The Kier molecular flexibility index (Phi) is 6.78. The molecule has 1 aliphatic heterocycles. The molecule has 2 aromatic rings. The quantitative estimate of drug-likeness (QED) is 0.432. The average molecular weight is 553 g/mol. The summed E-state index contributed by atoms with van der Waals surface area (Å²) in [5.41, 5.74) is -0.866. The summed E-state index contributed by atoms with van der Waals surface area (Å²) in [5.74, 6) is -4.28. The van der Waals surface area contributed by atoms with Crippen LogP contribution in [0.15, 0.2) is 35.2 Å². The number of carbonyl (C=O) groups is 2. The van der Waals surface area contributed by atoms with E-state index in [0.717, 1.165) is 42.7 Å². The van der Waals surface area contributed by atoms with Crippen LogP contribution in [0, 0.1) is 29.3 Å². The smallest absolute Gasteiger partial charge is 0.255 e. The van der Waals surface area contributed by atoms with Crippen LogP contribution in [0.1, 0.15) is 56.8 Å². The summed E-state index contributed by atoms with van der Waals surface area (Å²) in [4.78, 5) is 27.6. The Morgan fingerprint density at radius 1 is 1.08 bits per heavy atom. The summed E-state index contributed by atoms with van der Waals surface area (Å²) in [6, 6.07) is 6.28. The van der Waals surface area contributed by atoms with E-state index in [2.05, 4.69) is 5.32 Å². The molecule has 1 spiro atoms. The Labute approximate surface area is 223 Å². The van der Waals surface area contributed by atoms with Crippen LogP contribution in [-0.4, -0.2) is 39.8 Å². The normalized spacial score (nSPS) is 28.1. The van der Waals surface area contributed by atoms with Crippen molar-refractivity contribution in [1.82, 2.24) is 4.90 Å². The predicted molar refractivity (Wildman–Crippen MR) is 136 cm³/mol. The van der Waals surface area contributed by atoms with Crippen LogP contribution < -0.4 is 5.32 Å². The predicted octanol–water partition coefficient (Wildman–Crippen LogP) is 6.64. The standard InChI is InChI=1S/C27H28ClF3N2O3S/c1-14(34)33-13-27(36-26(33,2)3)16-5-6-17(27)10-19(9-16)37-23-8-15(4-7-20(23)28)25(35)32-18-11-21(29)24(31)22(30)12-18/h4,7-8,11-12,16-17,19H,5-6,9-10,13H2,1-3H3,(H,32,35)/t16-,17?,19?,27?/m0/s1. The van der Waals surface area contributed by atoms with Gasteiger partial charge in [-0.25, -0.2) is 13.2 Å². The first-order chi connectivity index (χ1) is 17.4. The van der Waals surface area contributed by atoms with Crippen LogP contribution in [0.25, 0.3) is 0 Å². The molecule has 0 radical (unpaired) electrons. The number of carbonyl (C=O) groups excluding carboxylic acids is 2. The molecule has 2 bridgehead atoms. The molecule has 1 N–H and O–H groups in total. The number of nitrogens with one attached hydrogen (secondary N) is 1. The van der Waals surface area contributed by atoms with Gasteiger partial charge in [-0.15, -0.1) is 11.8 Å². The number of hydrogen-bond acceptors (Lipinski definition) is 4. The molecule has 3 unspecified atom stereocenters. The molecule has 198 valence electrons. The lowest BCUT2D eigenvalue weighted by molar-refractivity contribution is -0.164. The molecule has 3 fully saturated rings. The van der Waals surface area contributed by atoms with Crippen molar-refractivity contribution in [2.24, 2.45) is 11.8 Å². The molecule has 3 aliphatic rings. The first kappa shape index (κ1) is 26.4. The van der Waals surface area contributed by atoms with Gasteiger partial charge in [0.05, 0.1) is 17.2 Å². The number of hydrogen-bond donors (Lipinski definition) is 1. The number of amides is 2. The third-order valence-electron chi connectivity index (χ3n) is 7.94. The highest BCUT2D eigenvalue weighted by Gasteiger charge is 2.63. The van der Waals surface area contributed by atoms with E-state index in [1.807, 2.05) is 18.7 Å². The van der Waals surface area contributed by atoms with Crippen molar-refractivity contribution in [3.05, 3.63) is 58.4 Å². The summed E-state index contributed by atoms with van der Waals surface area (Å²) in [6.45, 7) is 6.10. The Morgan fingerprint density at radius 3 is 2.27 bits per heavy atom. The van der Waals surface area contributed by atoms with Gasteiger partial charge >= 0.3 is 0 Å². The molecule has 10 heteroatoms. The fraction of sp³-hybridized carbons (Fsp3) is 0.481. The van der Waals surface area contributed by atoms with E-state index in [4.69, 9.17) is 16.3 Å². The SMILES string of the molecule is CC(=O)N1CC2(OC1(C)C)C1CC[C@H]2CC(Sc2cc(C(=O)Nc3cc(F)c(F)c(F)c3)ccc2Cl)C1. The molecule has 2 aromatic carbocycles. The fourth-order valence-corrected chi connectivity index (χ4v) is 7.98. The Morgan fingerprint density at radius 2 is 1.70 bits per heavy atom. The first-order valence-electron chi connectivity index (χ1n) is 12.3. The molecule has 1 saturated heterocycles. The molecular formula is C27H28ClF3N2O3S. The zero-order chi connectivity index (χ0) is 26.7. The second-order valence-electron chi connectivity index (χ2n) is 10.6. The highest BCUT2D eigenvalue weighted by molar-refractivity contribution is 8.00. The van der Waals surface area contributed by atoms with E-state index >= 15 is 0 Å². The summed E-state index contributed by atoms with van der Waals surface area (Å²) in [5, 5.41) is 3.18. The van der Waals surface area contributed by atoms with Crippen LogP contribution in [0.3, 0.4) is 0 Å². The number of nitrogens with zero attached hydrogens (tertiary/aromatic N) is 1. The minimum Gasteiger partial charge on any atom is -0.347 e. The highest BCUT2D eigenvalue weighted by Crippen LogP contribution is 2.59. The number of thioether (sulfide) groups is 1. The molecule has 37 heavy (non-hydrogen) atoms. The van der Waals surface area contributed by atoms with Crippen molar-refractivity contribution in [2.45, 2.75) is 67.9 Å².